The lowest BCUT2D eigenvalue weighted by atomic mass is 9.70. The van der Waals surface area contributed by atoms with Crippen molar-refractivity contribution in [3.05, 3.63) is 0 Å². The Balaban J connectivity index is 2.60. The Kier molecular flexibility index (Phi) is 12.6. The van der Waals surface area contributed by atoms with E-state index in [0.29, 0.717) is 5.71 Å². The van der Waals surface area contributed by atoms with Crippen LogP contribution in [0.4, 0.5) is 0 Å². The normalized spacial score (nSPS) is 49.4. The van der Waals surface area contributed by atoms with Gasteiger partial charge >= 0.3 is 5.97 Å². The Labute approximate surface area is 251 Å². The van der Waals surface area contributed by atoms with Gasteiger partial charge in [0.05, 0.1) is 35.4 Å². The summed E-state index contributed by atoms with van der Waals surface area (Å²) in [5.74, 6) is -3.33. The summed E-state index contributed by atoms with van der Waals surface area (Å²) >= 11 is 0. The van der Waals surface area contributed by atoms with Gasteiger partial charge in [-0.05, 0) is 65.2 Å². The molecule has 11 heteroatoms. The first-order valence-corrected chi connectivity index (χ1v) is 15.3. The highest BCUT2D eigenvalue weighted by Crippen LogP contribution is 2.40. The molecule has 0 spiro atoms. The maximum absolute atomic E-state index is 13.7. The molecule has 2 aliphatic heterocycles. The molecule has 0 aromatic rings. The number of esters is 1. The molecule has 5 N–H and O–H groups in total. The first-order valence-electron chi connectivity index (χ1n) is 15.3. The van der Waals surface area contributed by atoms with Gasteiger partial charge in [0.15, 0.2) is 6.29 Å². The first-order chi connectivity index (χ1) is 19.3. The number of aliphatic hydroxyl groups is 5. The van der Waals surface area contributed by atoms with Gasteiger partial charge in [0.1, 0.15) is 24.5 Å². The van der Waals surface area contributed by atoms with E-state index >= 15 is 0 Å². The Morgan fingerprint density at radius 1 is 0.976 bits per heavy atom. The molecule has 0 radical (unpaired) electrons. The van der Waals surface area contributed by atoms with E-state index in [1.54, 1.807) is 41.5 Å². The standard InChI is InChI=1S/C31H57NO10/c1-12-22-31(10,38)26(34)18(4)24(32-15-33)16(2)13-29(8,37)20(6)17(3)25(19(5)28(36)41-22)42-23-14-30(9,39-11)27(35)21(7)40-23/h16-23,25-27,33-35,37-38H,12-15H2,1-11H3/b32-24+/t16-,17-,18+,19-,20-,21+,22-,23+,25+,26-,27+,29-,30-,31-/m1/s1. The summed E-state index contributed by atoms with van der Waals surface area (Å²) < 4.78 is 24.0. The Morgan fingerprint density at radius 2 is 1.57 bits per heavy atom. The van der Waals surface area contributed by atoms with Gasteiger partial charge in [0.2, 0.25) is 0 Å². The van der Waals surface area contributed by atoms with Crippen molar-refractivity contribution in [2.45, 2.75) is 142 Å². The molecule has 0 aliphatic carbocycles. The van der Waals surface area contributed by atoms with Crippen molar-refractivity contribution in [1.29, 1.82) is 0 Å². The van der Waals surface area contributed by atoms with Crippen molar-refractivity contribution < 1.29 is 49.3 Å². The van der Waals surface area contributed by atoms with Crippen LogP contribution < -0.4 is 0 Å². The van der Waals surface area contributed by atoms with E-state index < -0.39 is 84.1 Å². The van der Waals surface area contributed by atoms with Crippen LogP contribution in [0.15, 0.2) is 4.99 Å². The Bertz CT molecular complexity index is 925. The van der Waals surface area contributed by atoms with E-state index in [2.05, 4.69) is 4.99 Å². The van der Waals surface area contributed by atoms with E-state index in [1.807, 2.05) is 20.8 Å². The predicted molar refractivity (Wildman–Crippen MR) is 158 cm³/mol. The summed E-state index contributed by atoms with van der Waals surface area (Å²) in [6.45, 7) is 17.0. The third kappa shape index (κ3) is 7.72. The monoisotopic (exact) mass is 603 g/mol. The summed E-state index contributed by atoms with van der Waals surface area (Å²) in [6.07, 6.45) is -4.84. The van der Waals surface area contributed by atoms with Gasteiger partial charge in [-0.15, -0.1) is 0 Å². The highest BCUT2D eigenvalue weighted by atomic mass is 16.7. The number of rotatable bonds is 5. The number of aliphatic hydroxyl groups excluding tert-OH is 3. The minimum absolute atomic E-state index is 0.208. The number of hydrogen-bond acceptors (Lipinski definition) is 11. The average Bonchev–Trinajstić information content (AvgIpc) is 2.92. The molecule has 2 rings (SSSR count). The van der Waals surface area contributed by atoms with Gasteiger partial charge in [0.25, 0.3) is 0 Å². The molecule has 2 fully saturated rings. The fourth-order valence-electron chi connectivity index (χ4n) is 6.91. The predicted octanol–water partition coefficient (Wildman–Crippen LogP) is 2.43. The van der Waals surface area contributed by atoms with Crippen LogP contribution in [0.25, 0.3) is 0 Å². The van der Waals surface area contributed by atoms with Crippen molar-refractivity contribution in [2.75, 3.05) is 13.8 Å². The molecule has 2 aliphatic rings. The van der Waals surface area contributed by atoms with Gasteiger partial charge in [-0.25, -0.2) is 0 Å². The van der Waals surface area contributed by atoms with E-state index in [9.17, 15) is 30.3 Å². The van der Waals surface area contributed by atoms with E-state index in [-0.39, 0.29) is 31.1 Å². The van der Waals surface area contributed by atoms with Crippen LogP contribution in [0.1, 0.15) is 88.5 Å². The number of cyclic esters (lactones) is 1. The fourth-order valence-corrected chi connectivity index (χ4v) is 6.91. The van der Waals surface area contributed by atoms with Gasteiger partial charge in [-0.2, -0.15) is 0 Å². The molecule has 0 amide bonds. The summed E-state index contributed by atoms with van der Waals surface area (Å²) in [7, 11) is 1.52. The van der Waals surface area contributed by atoms with Crippen molar-refractivity contribution in [3.8, 4) is 0 Å². The zero-order valence-corrected chi connectivity index (χ0v) is 27.4. The quantitative estimate of drug-likeness (QED) is 0.295. The summed E-state index contributed by atoms with van der Waals surface area (Å²) in [4.78, 5) is 17.9. The fraction of sp³-hybridized carbons (Fsp3) is 0.935. The molecule has 0 aromatic carbocycles. The average molecular weight is 604 g/mol. The summed E-state index contributed by atoms with van der Waals surface area (Å²) in [5.41, 5.74) is -3.61. The largest absolute Gasteiger partial charge is 0.459 e. The highest BCUT2D eigenvalue weighted by molar-refractivity contribution is 5.89. The van der Waals surface area contributed by atoms with Crippen molar-refractivity contribution in [2.24, 2.45) is 34.6 Å². The second-order valence-electron chi connectivity index (χ2n) is 13.5. The zero-order chi connectivity index (χ0) is 32.4. The van der Waals surface area contributed by atoms with Gasteiger partial charge in [-0.1, -0.05) is 34.6 Å². The molecule has 42 heavy (non-hydrogen) atoms. The minimum atomic E-state index is -1.85. The molecule has 2 heterocycles. The van der Waals surface area contributed by atoms with E-state index in [1.165, 1.54) is 14.0 Å². The molecule has 11 nitrogen and oxygen atoms in total. The lowest BCUT2D eigenvalue weighted by Crippen LogP contribution is -2.58. The second kappa shape index (κ2) is 14.3. The number of nitrogens with zero attached hydrogens (tertiary/aromatic N) is 1. The van der Waals surface area contributed by atoms with Crippen LogP contribution in [-0.4, -0.2) is 105 Å². The van der Waals surface area contributed by atoms with E-state index in [0.717, 1.165) is 0 Å². The van der Waals surface area contributed by atoms with Crippen molar-refractivity contribution in [1.82, 2.24) is 0 Å². The molecular formula is C31H57NO10. The lowest BCUT2D eigenvalue weighted by Gasteiger charge is -2.47. The number of hydrogen-bond donors (Lipinski definition) is 5. The number of aliphatic imine (C=N–C) groups is 1. The van der Waals surface area contributed by atoms with Gasteiger partial charge < -0.3 is 44.5 Å². The zero-order valence-electron chi connectivity index (χ0n) is 27.4. The first kappa shape index (κ1) is 37.0. The number of methoxy groups -OCH3 is 1. The molecule has 14 atom stereocenters. The van der Waals surface area contributed by atoms with Gasteiger partial charge in [-0.3, -0.25) is 9.79 Å². The molecule has 2 saturated heterocycles. The number of carbonyl (C=O) groups excluding carboxylic acids is 1. The van der Waals surface area contributed by atoms with E-state index in [4.69, 9.17) is 18.9 Å². The molecule has 0 saturated carbocycles. The molecule has 246 valence electrons. The molecule has 0 aromatic heterocycles. The maximum atomic E-state index is 13.7. The van der Waals surface area contributed by atoms with Crippen LogP contribution in [0.5, 0.6) is 0 Å². The minimum Gasteiger partial charge on any atom is -0.459 e. The SMILES string of the molecule is CC[C@H]1OC(=O)[C@H](C)[C@@H](O[C@H]2C[C@@](C)(OC)[C@@H](O)[C@H](C)O2)[C@H](C)[C@@H](C)[C@](C)(O)C[C@@H](C)/C(=N\CO)[C@H](C)[C@@H](O)[C@]1(C)O. The smallest absolute Gasteiger partial charge is 0.311 e. The second-order valence-corrected chi connectivity index (χ2v) is 13.5. The van der Waals surface area contributed by atoms with Crippen LogP contribution in [0.2, 0.25) is 0 Å². The molecule has 0 unspecified atom stereocenters. The summed E-state index contributed by atoms with van der Waals surface area (Å²) in [5, 5.41) is 55.1. The summed E-state index contributed by atoms with van der Waals surface area (Å²) in [6, 6.07) is 0. The third-order valence-electron chi connectivity index (χ3n) is 10.2. The van der Waals surface area contributed by atoms with Gasteiger partial charge in [0, 0.05) is 25.2 Å². The topological polar surface area (TPSA) is 168 Å². The van der Waals surface area contributed by atoms with Crippen molar-refractivity contribution >= 4 is 11.7 Å². The van der Waals surface area contributed by atoms with Crippen LogP contribution in [0, 0.1) is 29.6 Å². The highest BCUT2D eigenvalue weighted by Gasteiger charge is 2.50. The van der Waals surface area contributed by atoms with Crippen LogP contribution in [-0.2, 0) is 23.7 Å². The van der Waals surface area contributed by atoms with Crippen LogP contribution >= 0.6 is 0 Å². The lowest BCUT2D eigenvalue weighted by molar-refractivity contribution is -0.298. The number of carbonyl (C=O) groups is 1. The number of ether oxygens (including phenoxy) is 4. The molecule has 0 bridgehead atoms. The van der Waals surface area contributed by atoms with Crippen LogP contribution in [0.3, 0.4) is 0 Å². The molecular weight excluding hydrogens is 546 g/mol. The Hall–Kier alpha value is -1.18. The third-order valence-corrected chi connectivity index (χ3v) is 10.2. The maximum Gasteiger partial charge on any atom is 0.311 e. The van der Waals surface area contributed by atoms with Crippen molar-refractivity contribution in [3.63, 3.8) is 0 Å². The Morgan fingerprint density at radius 3 is 2.10 bits per heavy atom.